The van der Waals surface area contributed by atoms with Gasteiger partial charge < -0.3 is 4.74 Å². The van der Waals surface area contributed by atoms with Gasteiger partial charge in [0.25, 0.3) is 0 Å². The zero-order valence-corrected chi connectivity index (χ0v) is 12.3. The summed E-state index contributed by atoms with van der Waals surface area (Å²) in [6.07, 6.45) is 1.01. The lowest BCUT2D eigenvalue weighted by atomic mass is 10.1. The van der Waals surface area contributed by atoms with E-state index >= 15 is 0 Å². The van der Waals surface area contributed by atoms with E-state index in [0.717, 1.165) is 12.2 Å². The number of hydrogen-bond donors (Lipinski definition) is 0. The van der Waals surface area contributed by atoms with Gasteiger partial charge in [-0.1, -0.05) is 12.1 Å². The molecule has 0 aliphatic carbocycles. The zero-order valence-electron chi connectivity index (χ0n) is 9.29. The van der Waals surface area contributed by atoms with Crippen molar-refractivity contribution >= 4 is 33.9 Å². The summed E-state index contributed by atoms with van der Waals surface area (Å²) in [5.74, 6) is 0.917. The van der Waals surface area contributed by atoms with Crippen LogP contribution in [0.25, 0.3) is 0 Å². The van der Waals surface area contributed by atoms with Crippen LogP contribution in [0.5, 0.6) is 5.75 Å². The SMILES string of the molecule is COc1ccc(Cc2cc(I)sc2C)cc1. The Bertz CT molecular complexity index is 473. The van der Waals surface area contributed by atoms with Crippen LogP contribution in [0.3, 0.4) is 0 Å². The average molecular weight is 344 g/mol. The van der Waals surface area contributed by atoms with Crippen LogP contribution in [0.4, 0.5) is 0 Å². The number of methoxy groups -OCH3 is 1. The maximum absolute atomic E-state index is 5.15. The van der Waals surface area contributed by atoms with Crippen LogP contribution in [-0.4, -0.2) is 7.11 Å². The average Bonchev–Trinajstić information content (AvgIpc) is 2.59. The van der Waals surface area contributed by atoms with Gasteiger partial charge in [0.2, 0.25) is 0 Å². The van der Waals surface area contributed by atoms with Crippen molar-refractivity contribution in [1.29, 1.82) is 0 Å². The van der Waals surface area contributed by atoms with E-state index in [-0.39, 0.29) is 0 Å². The second-order valence-electron chi connectivity index (χ2n) is 3.66. The maximum atomic E-state index is 5.15. The van der Waals surface area contributed by atoms with Gasteiger partial charge in [-0.15, -0.1) is 11.3 Å². The largest absolute Gasteiger partial charge is 0.497 e. The van der Waals surface area contributed by atoms with E-state index < -0.39 is 0 Å². The Morgan fingerprint density at radius 3 is 2.44 bits per heavy atom. The molecule has 2 rings (SSSR count). The third-order valence-corrected chi connectivity index (χ3v) is 4.40. The molecule has 1 nitrogen and oxygen atoms in total. The molecule has 1 aromatic heterocycles. The maximum Gasteiger partial charge on any atom is 0.118 e. The molecule has 0 amide bonds. The molecule has 2 aromatic rings. The van der Waals surface area contributed by atoms with Crippen LogP contribution >= 0.6 is 33.9 Å². The Balaban J connectivity index is 2.17. The summed E-state index contributed by atoms with van der Waals surface area (Å²) in [5, 5.41) is 0. The highest BCUT2D eigenvalue weighted by atomic mass is 127. The van der Waals surface area contributed by atoms with Crippen molar-refractivity contribution in [3.63, 3.8) is 0 Å². The Morgan fingerprint density at radius 2 is 1.94 bits per heavy atom. The molecule has 0 unspecified atom stereocenters. The minimum atomic E-state index is 0.917. The molecule has 1 aromatic carbocycles. The molecule has 0 radical (unpaired) electrons. The van der Waals surface area contributed by atoms with Crippen molar-refractivity contribution in [1.82, 2.24) is 0 Å². The van der Waals surface area contributed by atoms with Crippen LogP contribution in [0.1, 0.15) is 16.0 Å². The highest BCUT2D eigenvalue weighted by Gasteiger charge is 2.04. The summed E-state index contributed by atoms with van der Waals surface area (Å²) in [5.41, 5.74) is 2.76. The second-order valence-corrected chi connectivity index (χ2v) is 6.81. The number of thiophene rings is 1. The van der Waals surface area contributed by atoms with E-state index in [4.69, 9.17) is 4.74 Å². The van der Waals surface area contributed by atoms with Gasteiger partial charge in [-0.3, -0.25) is 0 Å². The molecular formula is C13H13IOS. The van der Waals surface area contributed by atoms with Crippen LogP contribution in [0.2, 0.25) is 0 Å². The highest BCUT2D eigenvalue weighted by Crippen LogP contribution is 2.25. The summed E-state index contributed by atoms with van der Waals surface area (Å²) in [7, 11) is 1.69. The van der Waals surface area contributed by atoms with Crippen molar-refractivity contribution < 1.29 is 4.74 Å². The fourth-order valence-electron chi connectivity index (χ4n) is 1.62. The standard InChI is InChI=1S/C13H13IOS/c1-9-11(8-13(14)16-9)7-10-3-5-12(15-2)6-4-10/h3-6,8H,7H2,1-2H3. The molecule has 0 fully saturated rings. The molecule has 16 heavy (non-hydrogen) atoms. The van der Waals surface area contributed by atoms with Crippen LogP contribution < -0.4 is 4.74 Å². The predicted molar refractivity (Wildman–Crippen MR) is 77.6 cm³/mol. The Labute approximate surface area is 114 Å². The van der Waals surface area contributed by atoms with Crippen LogP contribution in [0, 0.1) is 9.81 Å². The van der Waals surface area contributed by atoms with Gasteiger partial charge in [0, 0.05) is 4.88 Å². The van der Waals surface area contributed by atoms with Crippen molar-refractivity contribution in [2.45, 2.75) is 13.3 Å². The summed E-state index contributed by atoms with van der Waals surface area (Å²) < 4.78 is 6.51. The predicted octanol–water partition coefficient (Wildman–Crippen LogP) is 4.26. The minimum Gasteiger partial charge on any atom is -0.497 e. The van der Waals surface area contributed by atoms with Gasteiger partial charge in [-0.25, -0.2) is 0 Å². The quantitative estimate of drug-likeness (QED) is 0.756. The number of benzene rings is 1. The Hall–Kier alpha value is -0.550. The molecule has 1 heterocycles. The van der Waals surface area contributed by atoms with Gasteiger partial charge in [0.15, 0.2) is 0 Å². The number of halogens is 1. The smallest absolute Gasteiger partial charge is 0.118 e. The van der Waals surface area contributed by atoms with Gasteiger partial charge in [-0.05, 0) is 65.3 Å². The Kier molecular flexibility index (Phi) is 3.86. The minimum absolute atomic E-state index is 0.917. The fraction of sp³-hybridized carbons (Fsp3) is 0.231. The molecule has 0 N–H and O–H groups in total. The third kappa shape index (κ3) is 2.77. The molecule has 0 saturated heterocycles. The fourth-order valence-corrected chi connectivity index (χ4v) is 3.74. The first kappa shape index (κ1) is 11.9. The number of ether oxygens (including phenoxy) is 1. The third-order valence-electron chi connectivity index (χ3n) is 2.54. The van der Waals surface area contributed by atoms with E-state index in [9.17, 15) is 0 Å². The lowest BCUT2D eigenvalue weighted by Gasteiger charge is -2.03. The van der Waals surface area contributed by atoms with Crippen molar-refractivity contribution in [3.8, 4) is 5.75 Å². The summed E-state index contributed by atoms with van der Waals surface area (Å²) in [4.78, 5) is 1.42. The molecule has 0 spiro atoms. The molecule has 0 bridgehead atoms. The number of rotatable bonds is 3. The van der Waals surface area contributed by atoms with E-state index in [1.807, 2.05) is 23.5 Å². The van der Waals surface area contributed by atoms with E-state index in [1.165, 1.54) is 18.9 Å². The first-order valence-corrected chi connectivity index (χ1v) is 6.96. The molecule has 0 aliphatic heterocycles. The lowest BCUT2D eigenvalue weighted by molar-refractivity contribution is 0.414. The van der Waals surface area contributed by atoms with E-state index in [1.54, 1.807) is 7.11 Å². The second kappa shape index (κ2) is 5.19. The topological polar surface area (TPSA) is 9.23 Å². The lowest BCUT2D eigenvalue weighted by Crippen LogP contribution is -1.88. The number of aryl methyl sites for hydroxylation is 1. The molecule has 0 atom stereocenters. The van der Waals surface area contributed by atoms with Crippen molar-refractivity contribution in [3.05, 3.63) is 49.2 Å². The molecule has 84 valence electrons. The van der Waals surface area contributed by atoms with Crippen LogP contribution in [-0.2, 0) is 6.42 Å². The monoisotopic (exact) mass is 344 g/mol. The van der Waals surface area contributed by atoms with Crippen LogP contribution in [0.15, 0.2) is 30.3 Å². The highest BCUT2D eigenvalue weighted by molar-refractivity contribution is 14.1. The summed E-state index contributed by atoms with van der Waals surface area (Å²) in [6, 6.07) is 10.6. The Morgan fingerprint density at radius 1 is 1.25 bits per heavy atom. The first-order valence-electron chi connectivity index (χ1n) is 5.07. The summed E-state index contributed by atoms with van der Waals surface area (Å²) in [6.45, 7) is 2.19. The van der Waals surface area contributed by atoms with Gasteiger partial charge in [0.1, 0.15) is 5.75 Å². The van der Waals surface area contributed by atoms with Gasteiger partial charge in [0.05, 0.1) is 9.99 Å². The first-order chi connectivity index (χ1) is 7.69. The van der Waals surface area contributed by atoms with Crippen molar-refractivity contribution in [2.24, 2.45) is 0 Å². The van der Waals surface area contributed by atoms with Gasteiger partial charge >= 0.3 is 0 Å². The molecule has 0 saturated carbocycles. The van der Waals surface area contributed by atoms with E-state index in [2.05, 4.69) is 47.7 Å². The molecule has 0 aliphatic rings. The molecule has 3 heteroatoms. The molecular weight excluding hydrogens is 331 g/mol. The summed E-state index contributed by atoms with van der Waals surface area (Å²) >= 11 is 4.24. The van der Waals surface area contributed by atoms with Gasteiger partial charge in [-0.2, -0.15) is 0 Å². The zero-order chi connectivity index (χ0) is 11.5. The van der Waals surface area contributed by atoms with Crippen molar-refractivity contribution in [2.75, 3.05) is 7.11 Å². The number of hydrogen-bond acceptors (Lipinski definition) is 2. The normalized spacial score (nSPS) is 10.4. The van der Waals surface area contributed by atoms with E-state index in [0.29, 0.717) is 0 Å².